The van der Waals surface area contributed by atoms with E-state index in [-0.39, 0.29) is 40.9 Å². The summed E-state index contributed by atoms with van der Waals surface area (Å²) in [6.45, 7) is 0. The van der Waals surface area contributed by atoms with Gasteiger partial charge in [-0.05, 0) is 11.6 Å². The average molecular weight is 363 g/mol. The van der Waals surface area contributed by atoms with Gasteiger partial charge in [0.25, 0.3) is 0 Å². The number of nitrogens with one attached hydrogen (secondary N) is 1. The van der Waals surface area contributed by atoms with Crippen LogP contribution in [0.15, 0.2) is 78.9 Å². The molecule has 0 atom stereocenters. The second kappa shape index (κ2) is 7.92. The summed E-state index contributed by atoms with van der Waals surface area (Å²) >= 11 is 0. The molecule has 1 N–H and O–H groups in total. The van der Waals surface area contributed by atoms with Crippen molar-refractivity contribution in [2.75, 3.05) is 5.32 Å². The van der Waals surface area contributed by atoms with Gasteiger partial charge in [0.05, 0.1) is 17.2 Å². The molecule has 3 aromatic rings. The van der Waals surface area contributed by atoms with E-state index in [9.17, 15) is 14.7 Å². The van der Waals surface area contributed by atoms with Crippen molar-refractivity contribution in [3.8, 4) is 0 Å². The van der Waals surface area contributed by atoms with Crippen LogP contribution in [0.2, 0.25) is 0 Å². The van der Waals surface area contributed by atoms with Gasteiger partial charge >= 0.3 is 29.6 Å². The maximum atomic E-state index is 13.0. The first-order valence-corrected chi connectivity index (χ1v) is 8.18. The Balaban J connectivity index is 0.00000210. The molecule has 5 heteroatoms. The van der Waals surface area contributed by atoms with Crippen LogP contribution in [0.1, 0.15) is 31.8 Å². The number of rotatable bonds is 4. The Kier molecular flexibility index (Phi) is 5.61. The zero-order valence-corrected chi connectivity index (χ0v) is 16.7. The molecule has 0 radical (unpaired) electrons. The summed E-state index contributed by atoms with van der Waals surface area (Å²) < 4.78 is 0. The zero-order valence-electron chi connectivity index (χ0n) is 14.7. The molecule has 0 aliphatic heterocycles. The number of carboxylic acids is 1. The number of hydrogen-bond donors (Lipinski definition) is 1. The Labute approximate surface area is 178 Å². The van der Waals surface area contributed by atoms with Crippen LogP contribution in [0, 0.1) is 0 Å². The van der Waals surface area contributed by atoms with Gasteiger partial charge in [-0.3, -0.25) is 4.79 Å². The van der Waals surface area contributed by atoms with Gasteiger partial charge in [0.1, 0.15) is 0 Å². The van der Waals surface area contributed by atoms with E-state index in [0.29, 0.717) is 22.5 Å². The summed E-state index contributed by atoms with van der Waals surface area (Å²) in [5.74, 6) is -1.35. The fourth-order valence-electron chi connectivity index (χ4n) is 3.20. The average Bonchev–Trinajstić information content (AvgIpc) is 2.95. The van der Waals surface area contributed by atoms with Crippen LogP contribution < -0.4 is 40.0 Å². The van der Waals surface area contributed by atoms with Crippen molar-refractivity contribution < 1.29 is 44.3 Å². The molecule has 0 saturated heterocycles. The molecular weight excluding hydrogens is 349 g/mol. The minimum Gasteiger partial charge on any atom is -0.545 e. The van der Waals surface area contributed by atoms with Crippen LogP contribution in [0.3, 0.4) is 0 Å². The van der Waals surface area contributed by atoms with Gasteiger partial charge in [0.2, 0.25) is 0 Å². The van der Waals surface area contributed by atoms with Gasteiger partial charge < -0.3 is 15.2 Å². The summed E-state index contributed by atoms with van der Waals surface area (Å²) in [6.07, 6.45) is 0. The molecule has 4 rings (SSSR count). The van der Waals surface area contributed by atoms with Gasteiger partial charge in [-0.15, -0.1) is 0 Å². The van der Waals surface area contributed by atoms with E-state index in [1.54, 1.807) is 24.3 Å². The van der Waals surface area contributed by atoms with Gasteiger partial charge in [0, 0.05) is 22.4 Å². The first kappa shape index (κ1) is 19.1. The Bertz CT molecular complexity index is 1060. The number of anilines is 1. The van der Waals surface area contributed by atoms with Gasteiger partial charge in [0.15, 0.2) is 5.78 Å². The summed E-state index contributed by atoms with van der Waals surface area (Å²) in [5.41, 5.74) is 3.70. The number of fused-ring (bicyclic) bond motifs is 1. The van der Waals surface area contributed by atoms with Gasteiger partial charge in [-0.1, -0.05) is 72.8 Å². The van der Waals surface area contributed by atoms with Crippen molar-refractivity contribution in [2.24, 2.45) is 0 Å². The van der Waals surface area contributed by atoms with Crippen molar-refractivity contribution in [3.63, 3.8) is 0 Å². The van der Waals surface area contributed by atoms with Crippen LogP contribution in [0.5, 0.6) is 0 Å². The summed E-state index contributed by atoms with van der Waals surface area (Å²) in [6, 6.07) is 23.2. The number of Topliss-reactive ketones (excluding diaryl/α,β-unsaturated/α-hetero) is 1. The Morgan fingerprint density at radius 3 is 2.07 bits per heavy atom. The normalized spacial score (nSPS) is 12.4. The van der Waals surface area contributed by atoms with E-state index in [1.165, 1.54) is 6.07 Å². The molecule has 0 fully saturated rings. The standard InChI is InChI=1S/C22H15NO3.Na/c24-21-16-11-5-4-10-15(16)20(19(21)14-8-2-1-3-9-14)23-18-13-7-6-12-17(18)22(25)26;/h1-13,23H,(H,25,26);/q;+1/p-1. The molecule has 0 saturated carbocycles. The first-order valence-electron chi connectivity index (χ1n) is 8.18. The number of carbonyl (C=O) groups excluding carboxylic acids is 2. The summed E-state index contributed by atoms with van der Waals surface area (Å²) in [7, 11) is 0. The number of carboxylic acid groups (broad SMARTS) is 1. The third-order valence-corrected chi connectivity index (χ3v) is 4.39. The molecule has 1 aliphatic carbocycles. The topological polar surface area (TPSA) is 69.2 Å². The van der Waals surface area contributed by atoms with Crippen LogP contribution in [-0.4, -0.2) is 11.8 Å². The van der Waals surface area contributed by atoms with Crippen molar-refractivity contribution in [2.45, 2.75) is 0 Å². The fraction of sp³-hybridized carbons (Fsp3) is 0. The third kappa shape index (κ3) is 3.47. The van der Waals surface area contributed by atoms with E-state index < -0.39 is 5.97 Å². The quantitative estimate of drug-likeness (QED) is 0.674. The molecule has 4 nitrogen and oxygen atoms in total. The Morgan fingerprint density at radius 2 is 1.37 bits per heavy atom. The Hall–Kier alpha value is -2.66. The predicted octanol–water partition coefficient (Wildman–Crippen LogP) is 0.231. The minimum absolute atomic E-state index is 0. The smallest absolute Gasteiger partial charge is 0.545 e. The van der Waals surface area contributed by atoms with E-state index in [0.717, 1.165) is 11.1 Å². The molecular formula is C22H14NNaO3. The number of carbonyl (C=O) groups is 2. The van der Waals surface area contributed by atoms with Crippen molar-refractivity contribution in [1.82, 2.24) is 0 Å². The second-order valence-corrected chi connectivity index (χ2v) is 5.95. The number of para-hydroxylation sites is 1. The van der Waals surface area contributed by atoms with Crippen molar-refractivity contribution in [1.29, 1.82) is 0 Å². The molecule has 0 heterocycles. The largest absolute Gasteiger partial charge is 1.00 e. The molecule has 1 aliphatic rings. The molecule has 27 heavy (non-hydrogen) atoms. The van der Waals surface area contributed by atoms with E-state index in [2.05, 4.69) is 5.32 Å². The maximum Gasteiger partial charge on any atom is 1.00 e. The Morgan fingerprint density at radius 1 is 0.778 bits per heavy atom. The molecule has 0 spiro atoms. The SMILES string of the molecule is O=C([O-])c1ccccc1NC1=C(c2ccccc2)C(=O)c2ccccc21.[Na+]. The number of ketones is 1. The van der Waals surface area contributed by atoms with E-state index in [1.807, 2.05) is 48.5 Å². The number of benzene rings is 3. The molecule has 126 valence electrons. The van der Waals surface area contributed by atoms with Crippen LogP contribution in [-0.2, 0) is 0 Å². The predicted molar refractivity (Wildman–Crippen MR) is 98.4 cm³/mol. The van der Waals surface area contributed by atoms with Gasteiger partial charge in [-0.2, -0.15) is 0 Å². The molecule has 0 amide bonds. The molecule has 0 unspecified atom stereocenters. The molecule has 0 aromatic heterocycles. The van der Waals surface area contributed by atoms with E-state index >= 15 is 0 Å². The summed E-state index contributed by atoms with van der Waals surface area (Å²) in [5, 5.41) is 14.6. The number of aromatic carboxylic acids is 1. The zero-order chi connectivity index (χ0) is 18.1. The monoisotopic (exact) mass is 363 g/mol. The molecule has 0 bridgehead atoms. The van der Waals surface area contributed by atoms with Crippen LogP contribution >= 0.6 is 0 Å². The minimum atomic E-state index is -1.27. The third-order valence-electron chi connectivity index (χ3n) is 4.39. The second-order valence-electron chi connectivity index (χ2n) is 5.95. The summed E-state index contributed by atoms with van der Waals surface area (Å²) in [4.78, 5) is 24.4. The van der Waals surface area contributed by atoms with Crippen molar-refractivity contribution in [3.05, 3.63) is 101 Å². The van der Waals surface area contributed by atoms with E-state index in [4.69, 9.17) is 0 Å². The van der Waals surface area contributed by atoms with Crippen molar-refractivity contribution >= 4 is 28.7 Å². The number of allylic oxidation sites excluding steroid dienone is 1. The van der Waals surface area contributed by atoms with Gasteiger partial charge in [-0.25, -0.2) is 0 Å². The van der Waals surface area contributed by atoms with Crippen LogP contribution in [0.25, 0.3) is 11.3 Å². The molecule has 3 aromatic carbocycles. The number of hydrogen-bond acceptors (Lipinski definition) is 4. The first-order chi connectivity index (χ1) is 12.7. The van der Waals surface area contributed by atoms with Crippen LogP contribution in [0.4, 0.5) is 5.69 Å². The fourth-order valence-corrected chi connectivity index (χ4v) is 3.20. The maximum absolute atomic E-state index is 13.0.